The van der Waals surface area contributed by atoms with Crippen molar-refractivity contribution >= 4 is 46.3 Å². The number of hydrogen-bond donors (Lipinski definition) is 2. The van der Waals surface area contributed by atoms with Crippen molar-refractivity contribution in [2.75, 3.05) is 25.1 Å². The molecule has 3 heterocycles. The van der Waals surface area contributed by atoms with E-state index in [1.807, 2.05) is 15.5 Å². The Morgan fingerprint density at radius 1 is 1.41 bits per heavy atom. The van der Waals surface area contributed by atoms with Crippen molar-refractivity contribution in [3.8, 4) is 11.8 Å². The summed E-state index contributed by atoms with van der Waals surface area (Å²) in [6, 6.07) is 3.20. The van der Waals surface area contributed by atoms with Gasteiger partial charge in [0, 0.05) is 25.0 Å². The van der Waals surface area contributed by atoms with Gasteiger partial charge in [0.15, 0.2) is 22.6 Å². The summed E-state index contributed by atoms with van der Waals surface area (Å²) in [5, 5.41) is 16.2. The van der Waals surface area contributed by atoms with Crippen LogP contribution in [0.4, 0.5) is 10.1 Å². The minimum absolute atomic E-state index is 0.0289. The second-order valence-corrected chi connectivity index (χ2v) is 9.80. The number of amidine groups is 1. The lowest BCUT2D eigenvalue weighted by atomic mass is 9.96. The first-order valence-corrected chi connectivity index (χ1v) is 11.9. The van der Waals surface area contributed by atoms with E-state index in [1.54, 1.807) is 0 Å². The lowest BCUT2D eigenvalue weighted by molar-refractivity contribution is 0.100. The normalized spacial score (nSPS) is 22.6. The van der Waals surface area contributed by atoms with Gasteiger partial charge < -0.3 is 19.9 Å². The number of ketones is 1. The van der Waals surface area contributed by atoms with Crippen molar-refractivity contribution in [1.29, 1.82) is 10.7 Å². The van der Waals surface area contributed by atoms with E-state index < -0.39 is 22.3 Å². The molecule has 3 N–H and O–H groups in total. The van der Waals surface area contributed by atoms with Gasteiger partial charge in [0.1, 0.15) is 17.9 Å². The zero-order valence-corrected chi connectivity index (χ0v) is 19.3. The molecule has 1 aromatic carbocycles. The number of nitriles is 1. The first-order chi connectivity index (χ1) is 16.4. The third-order valence-electron chi connectivity index (χ3n) is 6.64. The molecule has 0 bridgehead atoms. The van der Waals surface area contributed by atoms with E-state index in [0.717, 1.165) is 43.8 Å². The van der Waals surface area contributed by atoms with E-state index in [-0.39, 0.29) is 34.3 Å². The predicted molar refractivity (Wildman–Crippen MR) is 128 cm³/mol. The van der Waals surface area contributed by atoms with Crippen LogP contribution in [0.5, 0.6) is 5.75 Å². The lowest BCUT2D eigenvalue weighted by Crippen LogP contribution is -2.42. The van der Waals surface area contributed by atoms with Gasteiger partial charge in [-0.3, -0.25) is 15.0 Å². The number of rotatable bonds is 5. The van der Waals surface area contributed by atoms with Gasteiger partial charge >= 0.3 is 0 Å². The minimum Gasteiger partial charge on any atom is -0.492 e. The Morgan fingerprint density at radius 3 is 2.82 bits per heavy atom. The standard InChI is InChI=1S/C23H23FN6O3S/c1-33-21-17-13(7-14(24)18(21)29-6-2-3-11(9-29)22(27)28-10-26)19(31)16-20(32)15(8-25)34-23(16)30(17)12-4-5-12/h7,10-12,15H,2-6,9H2,1H3,(H3,26,27,28). The first kappa shape index (κ1) is 22.4. The van der Waals surface area contributed by atoms with Crippen LogP contribution in [0.25, 0.3) is 10.9 Å². The molecule has 2 aromatic rings. The van der Waals surface area contributed by atoms with Crippen molar-refractivity contribution in [3.05, 3.63) is 27.7 Å². The van der Waals surface area contributed by atoms with E-state index in [4.69, 9.17) is 15.9 Å². The van der Waals surface area contributed by atoms with Crippen molar-refractivity contribution < 1.29 is 13.9 Å². The highest BCUT2D eigenvalue weighted by Gasteiger charge is 2.42. The van der Waals surface area contributed by atoms with Crippen LogP contribution in [-0.2, 0) is 0 Å². The maximum Gasteiger partial charge on any atom is 0.201 e. The molecular formula is C23H23FN6O3S. The van der Waals surface area contributed by atoms with E-state index >= 15 is 4.39 Å². The number of carbonyl (C=O) groups is 1. The molecule has 2 unspecified atom stereocenters. The van der Waals surface area contributed by atoms with Crippen LogP contribution in [0.15, 0.2) is 20.9 Å². The fraction of sp³-hybridized carbons (Fsp3) is 0.435. The molecule has 2 fully saturated rings. The van der Waals surface area contributed by atoms with Crippen LogP contribution in [0.3, 0.4) is 0 Å². The largest absolute Gasteiger partial charge is 0.492 e. The molecule has 0 radical (unpaired) electrons. The smallest absolute Gasteiger partial charge is 0.201 e. The van der Waals surface area contributed by atoms with Crippen molar-refractivity contribution in [3.63, 3.8) is 0 Å². The Kier molecular flexibility index (Phi) is 5.56. The number of hydrogen-bond acceptors (Lipinski definition) is 7. The van der Waals surface area contributed by atoms with Gasteiger partial charge in [-0.15, -0.1) is 0 Å². The number of halogens is 1. The molecule has 1 saturated carbocycles. The number of benzene rings is 1. The number of pyridine rings is 1. The predicted octanol–water partition coefficient (Wildman–Crippen LogP) is 2.85. The van der Waals surface area contributed by atoms with Gasteiger partial charge in [0.2, 0.25) is 5.43 Å². The van der Waals surface area contributed by atoms with E-state index in [9.17, 15) is 14.9 Å². The highest BCUT2D eigenvalue weighted by Crippen LogP contribution is 2.49. The van der Waals surface area contributed by atoms with E-state index in [2.05, 4.69) is 4.99 Å². The molecule has 2 aliphatic heterocycles. The molecule has 11 heteroatoms. The summed E-state index contributed by atoms with van der Waals surface area (Å²) >= 11 is 1.08. The van der Waals surface area contributed by atoms with E-state index in [0.29, 0.717) is 29.5 Å². The third-order valence-corrected chi connectivity index (χ3v) is 7.82. The monoisotopic (exact) mass is 482 g/mol. The number of fused-ring (bicyclic) bond motifs is 2. The minimum atomic E-state index is -0.987. The topological polar surface area (TPSA) is 138 Å². The number of piperidine rings is 1. The maximum atomic E-state index is 15.6. The highest BCUT2D eigenvalue weighted by atomic mass is 32.2. The fourth-order valence-electron chi connectivity index (χ4n) is 4.96. The Bertz CT molecular complexity index is 1360. The summed E-state index contributed by atoms with van der Waals surface area (Å²) in [7, 11) is 1.44. The van der Waals surface area contributed by atoms with Gasteiger partial charge in [-0.25, -0.2) is 9.38 Å². The van der Waals surface area contributed by atoms with Gasteiger partial charge in [0.25, 0.3) is 0 Å². The number of carbonyl (C=O) groups excluding carboxylic acids is 1. The number of ether oxygens (including phenoxy) is 1. The number of nitrogens with zero attached hydrogens (tertiary/aromatic N) is 4. The van der Waals surface area contributed by atoms with Gasteiger partial charge in [0.05, 0.1) is 34.7 Å². The molecule has 1 saturated heterocycles. The lowest BCUT2D eigenvalue weighted by Gasteiger charge is -2.35. The Morgan fingerprint density at radius 2 is 2.18 bits per heavy atom. The molecule has 2 atom stereocenters. The SMILES string of the molecule is COc1c(N2CCCC(C(N)=NC=N)C2)c(F)cc2c(=O)c3c(n(C4CC4)c12)SC(C#N)C3=O. The van der Waals surface area contributed by atoms with Gasteiger partial charge in [-0.05, 0) is 31.7 Å². The first-order valence-electron chi connectivity index (χ1n) is 11.1. The average molecular weight is 483 g/mol. The number of nitrogens with two attached hydrogens (primary N) is 1. The summed E-state index contributed by atoms with van der Waals surface area (Å²) in [6.45, 7) is 0.958. The summed E-state index contributed by atoms with van der Waals surface area (Å²) in [5.41, 5.74) is 6.12. The second kappa shape index (κ2) is 8.43. The number of nitrogens with one attached hydrogen (secondary N) is 1. The van der Waals surface area contributed by atoms with Crippen molar-refractivity contribution in [2.45, 2.75) is 42.0 Å². The molecule has 9 nitrogen and oxygen atoms in total. The molecular weight excluding hydrogens is 459 g/mol. The van der Waals surface area contributed by atoms with Crippen LogP contribution in [0, 0.1) is 28.5 Å². The summed E-state index contributed by atoms with van der Waals surface area (Å²) < 4.78 is 23.3. The number of Topliss-reactive ketones (excluding diaryl/α,β-unsaturated/α-hetero) is 1. The van der Waals surface area contributed by atoms with E-state index in [1.165, 1.54) is 13.2 Å². The van der Waals surface area contributed by atoms with Gasteiger partial charge in [-0.1, -0.05) is 11.8 Å². The van der Waals surface area contributed by atoms with Gasteiger partial charge in [-0.2, -0.15) is 5.26 Å². The average Bonchev–Trinajstić information content (AvgIpc) is 3.61. The van der Waals surface area contributed by atoms with Crippen LogP contribution < -0.4 is 20.8 Å². The number of thioether (sulfide) groups is 1. The van der Waals surface area contributed by atoms with Crippen LogP contribution in [-0.4, -0.2) is 48.0 Å². The number of methoxy groups -OCH3 is 1. The molecule has 0 amide bonds. The second-order valence-electron chi connectivity index (χ2n) is 8.71. The molecule has 0 spiro atoms. The molecule has 176 valence electrons. The Hall–Kier alpha value is -3.39. The fourth-order valence-corrected chi connectivity index (χ4v) is 6.12. The Balaban J connectivity index is 1.75. The zero-order chi connectivity index (χ0) is 24.1. The highest BCUT2D eigenvalue weighted by molar-refractivity contribution is 8.01. The van der Waals surface area contributed by atoms with Crippen LogP contribution in [0.2, 0.25) is 0 Å². The summed E-state index contributed by atoms with van der Waals surface area (Å²) in [4.78, 5) is 31.9. The summed E-state index contributed by atoms with van der Waals surface area (Å²) in [5.74, 6) is -0.733. The van der Waals surface area contributed by atoms with Crippen molar-refractivity contribution in [1.82, 2.24) is 4.57 Å². The number of aromatic nitrogens is 1. The molecule has 1 aliphatic carbocycles. The number of anilines is 1. The van der Waals surface area contributed by atoms with Crippen LogP contribution in [0.1, 0.15) is 42.1 Å². The number of aliphatic imine (C=N–C) groups is 1. The summed E-state index contributed by atoms with van der Waals surface area (Å²) in [6.07, 6.45) is 4.12. The quantitative estimate of drug-likeness (QED) is 0.494. The Labute approximate surface area is 198 Å². The molecule has 34 heavy (non-hydrogen) atoms. The molecule has 3 aliphatic rings. The third kappa shape index (κ3) is 3.36. The van der Waals surface area contributed by atoms with Crippen LogP contribution >= 0.6 is 11.8 Å². The zero-order valence-electron chi connectivity index (χ0n) is 18.5. The van der Waals surface area contributed by atoms with Crippen molar-refractivity contribution in [2.24, 2.45) is 16.6 Å². The molecule has 5 rings (SSSR count). The molecule has 1 aromatic heterocycles. The maximum absolute atomic E-state index is 15.6.